The van der Waals surface area contributed by atoms with Crippen molar-refractivity contribution in [2.75, 3.05) is 18.5 Å². The van der Waals surface area contributed by atoms with Crippen molar-refractivity contribution in [2.24, 2.45) is 17.8 Å². The minimum Gasteiger partial charge on any atom is -0.462 e. The van der Waals surface area contributed by atoms with Crippen molar-refractivity contribution in [1.82, 2.24) is 4.98 Å². The highest BCUT2D eigenvalue weighted by Gasteiger charge is 2.47. The number of rotatable bonds is 5. The molecule has 0 aromatic carbocycles. The van der Waals surface area contributed by atoms with Crippen LogP contribution in [0.3, 0.4) is 0 Å². The molecule has 4 atom stereocenters. The van der Waals surface area contributed by atoms with Gasteiger partial charge in [0.2, 0.25) is 0 Å². The molecule has 2 bridgehead atoms. The minimum atomic E-state index is -0.334. The number of nitrogens with zero attached hydrogens (tertiary/aromatic N) is 1. The number of hydrogen-bond donors (Lipinski definition) is 2. The fourth-order valence-electron chi connectivity index (χ4n) is 4.78. The molecular weight excluding hydrogens is 304 g/mol. The van der Waals surface area contributed by atoms with Crippen LogP contribution in [0.2, 0.25) is 0 Å². The van der Waals surface area contributed by atoms with E-state index in [1.807, 2.05) is 13.0 Å². The lowest BCUT2D eigenvalue weighted by atomic mass is 9.84. The monoisotopic (exact) mass is 328 g/mol. The summed E-state index contributed by atoms with van der Waals surface area (Å²) in [7, 11) is 0. The summed E-state index contributed by atoms with van der Waals surface area (Å²) >= 11 is 0. The van der Waals surface area contributed by atoms with Crippen LogP contribution in [0, 0.1) is 17.8 Å². The largest absolute Gasteiger partial charge is 0.462 e. The number of fused-ring (bicyclic) bond motifs is 3. The van der Waals surface area contributed by atoms with E-state index >= 15 is 0 Å². The second-order valence-electron chi connectivity index (χ2n) is 7.08. The average Bonchev–Trinajstić information content (AvgIpc) is 3.30. The van der Waals surface area contributed by atoms with Crippen LogP contribution in [0.4, 0.5) is 5.69 Å². The van der Waals surface area contributed by atoms with Gasteiger partial charge in [0.1, 0.15) is 5.56 Å². The van der Waals surface area contributed by atoms with Gasteiger partial charge in [0.05, 0.1) is 18.0 Å². The molecule has 1 aromatic heterocycles. The number of nitrogens with one attached hydrogen (secondary N) is 1. The van der Waals surface area contributed by atoms with Gasteiger partial charge in [0.25, 0.3) is 0 Å². The van der Waals surface area contributed by atoms with Gasteiger partial charge >= 0.3 is 5.97 Å². The molecule has 5 nitrogen and oxygen atoms in total. The van der Waals surface area contributed by atoms with E-state index in [1.54, 1.807) is 6.20 Å². The molecular formula is C19H24N2O3. The normalized spacial score (nSPS) is 29.8. The number of carbonyl (C=O) groups is 1. The van der Waals surface area contributed by atoms with Crippen LogP contribution in [-0.4, -0.2) is 35.3 Å². The van der Waals surface area contributed by atoms with Crippen LogP contribution in [0.1, 0.15) is 47.8 Å². The third-order valence-corrected chi connectivity index (χ3v) is 5.90. The van der Waals surface area contributed by atoms with Gasteiger partial charge in [-0.1, -0.05) is 12.2 Å². The van der Waals surface area contributed by atoms with Crippen molar-refractivity contribution in [3.8, 4) is 0 Å². The standard InChI is InChI=1S/C19H24N2O3/c1-2-24-19(23)14-9-20-16-5-3-4-13(16)18(14)21-17-12-7-6-11(8-12)15(17)10-22/h3-4,9,11-12,15,17,22H,2,5-8,10H2,1H3,(H,20,21)/t11-,12?,15-,17-/m1/s1. The predicted molar refractivity (Wildman–Crippen MR) is 91.7 cm³/mol. The zero-order valence-corrected chi connectivity index (χ0v) is 14.0. The first-order chi connectivity index (χ1) is 11.7. The summed E-state index contributed by atoms with van der Waals surface area (Å²) in [5.74, 6) is 1.12. The minimum absolute atomic E-state index is 0.205. The molecule has 4 rings (SSSR count). The third-order valence-electron chi connectivity index (χ3n) is 5.90. The Balaban J connectivity index is 1.70. The Morgan fingerprint density at radius 3 is 3.04 bits per heavy atom. The molecule has 128 valence electrons. The zero-order valence-electron chi connectivity index (χ0n) is 14.0. The quantitative estimate of drug-likeness (QED) is 0.813. The van der Waals surface area contributed by atoms with Gasteiger partial charge in [-0.15, -0.1) is 0 Å². The third kappa shape index (κ3) is 2.42. The summed E-state index contributed by atoms with van der Waals surface area (Å²) < 4.78 is 5.22. The van der Waals surface area contributed by atoms with E-state index in [4.69, 9.17) is 4.74 Å². The molecule has 2 N–H and O–H groups in total. The van der Waals surface area contributed by atoms with E-state index in [0.717, 1.165) is 23.4 Å². The maximum atomic E-state index is 12.4. The van der Waals surface area contributed by atoms with E-state index < -0.39 is 0 Å². The molecule has 0 amide bonds. The first-order valence-electron chi connectivity index (χ1n) is 8.95. The molecule has 1 aromatic rings. The van der Waals surface area contributed by atoms with E-state index in [9.17, 15) is 9.90 Å². The van der Waals surface area contributed by atoms with Gasteiger partial charge in [-0.2, -0.15) is 0 Å². The second-order valence-corrected chi connectivity index (χ2v) is 7.08. The van der Waals surface area contributed by atoms with Crippen molar-refractivity contribution in [2.45, 2.75) is 38.6 Å². The van der Waals surface area contributed by atoms with E-state index in [1.165, 1.54) is 19.3 Å². The molecule has 3 aliphatic carbocycles. The summed E-state index contributed by atoms with van der Waals surface area (Å²) in [6, 6.07) is 0.224. The summed E-state index contributed by atoms with van der Waals surface area (Å²) in [6.07, 6.45) is 10.1. The number of hydrogen-bond acceptors (Lipinski definition) is 5. The fraction of sp³-hybridized carbons (Fsp3) is 0.579. The van der Waals surface area contributed by atoms with Gasteiger partial charge in [-0.05, 0) is 38.0 Å². The Hall–Kier alpha value is -1.88. The van der Waals surface area contributed by atoms with Crippen molar-refractivity contribution >= 4 is 17.7 Å². The number of carbonyl (C=O) groups excluding carboxylic acids is 1. The van der Waals surface area contributed by atoms with Crippen LogP contribution in [0.25, 0.3) is 6.08 Å². The Labute approximate surface area is 142 Å². The van der Waals surface area contributed by atoms with Gasteiger partial charge in [-0.25, -0.2) is 4.79 Å². The maximum Gasteiger partial charge on any atom is 0.341 e. The van der Waals surface area contributed by atoms with Crippen LogP contribution < -0.4 is 5.32 Å². The first kappa shape index (κ1) is 15.6. The predicted octanol–water partition coefficient (Wildman–Crippen LogP) is 2.65. The van der Waals surface area contributed by atoms with Crippen LogP contribution in [0.5, 0.6) is 0 Å². The number of aliphatic hydroxyl groups excluding tert-OH is 1. The summed E-state index contributed by atoms with van der Waals surface area (Å²) in [5, 5.41) is 13.5. The number of anilines is 1. The van der Waals surface area contributed by atoms with Crippen molar-refractivity contribution < 1.29 is 14.6 Å². The zero-order chi connectivity index (χ0) is 16.7. The Kier molecular flexibility index (Phi) is 4.04. The summed E-state index contributed by atoms with van der Waals surface area (Å²) in [6.45, 7) is 2.36. The smallest absolute Gasteiger partial charge is 0.341 e. The highest BCUT2D eigenvalue weighted by Crippen LogP contribution is 2.50. The molecule has 2 fully saturated rings. The SMILES string of the molecule is CCOC(=O)c1cnc2c(c1N[C@@H]1C3CC[C@H](C3)[C@H]1CO)C=CC2. The topological polar surface area (TPSA) is 71.5 Å². The molecule has 0 spiro atoms. The van der Waals surface area contributed by atoms with Gasteiger partial charge in [0.15, 0.2) is 0 Å². The van der Waals surface area contributed by atoms with Crippen molar-refractivity contribution in [1.29, 1.82) is 0 Å². The highest BCUT2D eigenvalue weighted by molar-refractivity contribution is 5.98. The lowest BCUT2D eigenvalue weighted by molar-refractivity contribution is 0.0527. The lowest BCUT2D eigenvalue weighted by Gasteiger charge is -2.32. The van der Waals surface area contributed by atoms with Crippen LogP contribution in [-0.2, 0) is 11.2 Å². The fourth-order valence-corrected chi connectivity index (χ4v) is 4.78. The van der Waals surface area contributed by atoms with E-state index in [-0.39, 0.29) is 24.5 Å². The molecule has 0 aliphatic heterocycles. The number of esters is 1. The molecule has 0 radical (unpaired) electrons. The number of aliphatic hydroxyl groups is 1. The lowest BCUT2D eigenvalue weighted by Crippen LogP contribution is -2.37. The highest BCUT2D eigenvalue weighted by atomic mass is 16.5. The molecule has 1 unspecified atom stereocenters. The van der Waals surface area contributed by atoms with Crippen LogP contribution >= 0.6 is 0 Å². The molecule has 2 saturated carbocycles. The molecule has 1 heterocycles. The number of allylic oxidation sites excluding steroid dienone is 1. The van der Waals surface area contributed by atoms with Gasteiger partial charge < -0.3 is 15.2 Å². The number of ether oxygens (including phenoxy) is 1. The number of aromatic nitrogens is 1. The van der Waals surface area contributed by atoms with Crippen molar-refractivity contribution in [3.63, 3.8) is 0 Å². The number of pyridine rings is 1. The van der Waals surface area contributed by atoms with Gasteiger partial charge in [-0.3, -0.25) is 4.98 Å². The Morgan fingerprint density at radius 1 is 1.42 bits per heavy atom. The maximum absolute atomic E-state index is 12.4. The summed E-state index contributed by atoms with van der Waals surface area (Å²) in [5.41, 5.74) is 3.33. The molecule has 24 heavy (non-hydrogen) atoms. The summed E-state index contributed by atoms with van der Waals surface area (Å²) in [4.78, 5) is 16.8. The Morgan fingerprint density at radius 2 is 2.25 bits per heavy atom. The van der Waals surface area contributed by atoms with Crippen molar-refractivity contribution in [3.05, 3.63) is 29.1 Å². The molecule has 3 aliphatic rings. The molecule has 0 saturated heterocycles. The first-order valence-corrected chi connectivity index (χ1v) is 8.95. The second kappa shape index (κ2) is 6.20. The molecule has 5 heteroatoms. The Bertz CT molecular complexity index is 685. The van der Waals surface area contributed by atoms with E-state index in [0.29, 0.717) is 24.0 Å². The average molecular weight is 328 g/mol. The van der Waals surface area contributed by atoms with Gasteiger partial charge in [0, 0.05) is 36.7 Å². The van der Waals surface area contributed by atoms with Crippen LogP contribution in [0.15, 0.2) is 12.3 Å². The van der Waals surface area contributed by atoms with E-state index in [2.05, 4.69) is 16.4 Å².